The molecule has 0 saturated carbocycles. The molecule has 0 aliphatic heterocycles. The first kappa shape index (κ1) is 21.1. The summed E-state index contributed by atoms with van der Waals surface area (Å²) in [6.07, 6.45) is 2.75. The fraction of sp³-hybridized carbons (Fsp3) is 0.143. The molecule has 9 heteroatoms. The van der Waals surface area contributed by atoms with E-state index >= 15 is 0 Å². The summed E-state index contributed by atoms with van der Waals surface area (Å²) in [5.41, 5.74) is 4.38. The third-order valence-electron chi connectivity index (χ3n) is 3.90. The first-order valence-electron chi connectivity index (χ1n) is 9.09. The molecular weight excluding hydrogens is 408 g/mol. The number of rotatable bonds is 9. The Morgan fingerprint density at radius 2 is 2.03 bits per heavy atom. The third kappa shape index (κ3) is 5.92. The number of nitrogens with zero attached hydrogens (tertiary/aromatic N) is 3. The lowest BCUT2D eigenvalue weighted by molar-refractivity contribution is -0.385. The first-order valence-corrected chi connectivity index (χ1v) is 9.46. The molecular formula is C21H19ClN4O4. The lowest BCUT2D eigenvalue weighted by Crippen LogP contribution is -2.01. The van der Waals surface area contributed by atoms with E-state index in [1.807, 2.05) is 43.3 Å². The number of ether oxygens (including phenoxy) is 2. The molecule has 0 unspecified atom stereocenters. The van der Waals surface area contributed by atoms with Gasteiger partial charge in [0, 0.05) is 11.1 Å². The Hall–Kier alpha value is -3.65. The SMILES string of the molecule is CCOc1cc(/C=N\Nc2ccc([N+](=O)[O-])cn2)ccc1OCc1cccc(Cl)c1. The minimum atomic E-state index is -0.509. The summed E-state index contributed by atoms with van der Waals surface area (Å²) in [5.74, 6) is 1.60. The van der Waals surface area contributed by atoms with Gasteiger partial charge in [0.25, 0.3) is 5.69 Å². The molecule has 1 N–H and O–H groups in total. The average Bonchev–Trinajstić information content (AvgIpc) is 2.74. The van der Waals surface area contributed by atoms with Gasteiger partial charge >= 0.3 is 0 Å². The van der Waals surface area contributed by atoms with Crippen LogP contribution in [0.3, 0.4) is 0 Å². The van der Waals surface area contributed by atoms with Gasteiger partial charge in [-0.05, 0) is 54.4 Å². The second-order valence-corrected chi connectivity index (χ2v) is 6.52. The van der Waals surface area contributed by atoms with Gasteiger partial charge in [-0.2, -0.15) is 5.10 Å². The number of halogens is 1. The van der Waals surface area contributed by atoms with Crippen molar-refractivity contribution in [3.05, 3.63) is 87.1 Å². The molecule has 0 atom stereocenters. The molecule has 0 radical (unpaired) electrons. The van der Waals surface area contributed by atoms with E-state index in [2.05, 4.69) is 15.5 Å². The summed E-state index contributed by atoms with van der Waals surface area (Å²) >= 11 is 6.01. The number of hydrazone groups is 1. The standard InChI is InChI=1S/C21H19ClN4O4/c1-2-29-20-11-15(12-24-25-21-9-7-18(13-23-21)26(27)28)6-8-19(20)30-14-16-4-3-5-17(22)10-16/h3-13H,2,14H2,1H3,(H,23,25)/b24-12-. The van der Waals surface area contributed by atoms with Gasteiger partial charge in [-0.1, -0.05) is 23.7 Å². The van der Waals surface area contributed by atoms with Crippen LogP contribution in [0.15, 0.2) is 65.9 Å². The summed E-state index contributed by atoms with van der Waals surface area (Å²) in [4.78, 5) is 14.1. The van der Waals surface area contributed by atoms with Gasteiger partial charge in [0.2, 0.25) is 0 Å². The summed E-state index contributed by atoms with van der Waals surface area (Å²) < 4.78 is 11.6. The van der Waals surface area contributed by atoms with Gasteiger partial charge in [-0.3, -0.25) is 15.5 Å². The highest BCUT2D eigenvalue weighted by Crippen LogP contribution is 2.29. The van der Waals surface area contributed by atoms with Crippen molar-refractivity contribution in [1.82, 2.24) is 4.98 Å². The molecule has 1 heterocycles. The van der Waals surface area contributed by atoms with Gasteiger partial charge in [0.15, 0.2) is 11.5 Å². The van der Waals surface area contributed by atoms with Crippen molar-refractivity contribution < 1.29 is 14.4 Å². The van der Waals surface area contributed by atoms with Crippen molar-refractivity contribution in [2.24, 2.45) is 5.10 Å². The maximum atomic E-state index is 10.7. The lowest BCUT2D eigenvalue weighted by atomic mass is 10.2. The molecule has 2 aromatic carbocycles. The molecule has 154 valence electrons. The van der Waals surface area contributed by atoms with Crippen LogP contribution in [-0.4, -0.2) is 22.7 Å². The molecule has 0 aliphatic carbocycles. The molecule has 8 nitrogen and oxygen atoms in total. The van der Waals surface area contributed by atoms with Crippen LogP contribution in [0.1, 0.15) is 18.1 Å². The number of aromatic nitrogens is 1. The normalized spacial score (nSPS) is 10.7. The van der Waals surface area contributed by atoms with Crippen LogP contribution in [0.4, 0.5) is 11.5 Å². The maximum absolute atomic E-state index is 10.7. The summed E-state index contributed by atoms with van der Waals surface area (Å²) in [6, 6.07) is 15.8. The molecule has 0 bridgehead atoms. The van der Waals surface area contributed by atoms with Crippen LogP contribution in [0.25, 0.3) is 0 Å². The smallest absolute Gasteiger partial charge is 0.287 e. The fourth-order valence-electron chi connectivity index (χ4n) is 2.51. The summed E-state index contributed by atoms with van der Waals surface area (Å²) in [5, 5.41) is 15.4. The Labute approximate surface area is 178 Å². The maximum Gasteiger partial charge on any atom is 0.287 e. The van der Waals surface area contributed by atoms with Crippen LogP contribution < -0.4 is 14.9 Å². The molecule has 1 aromatic heterocycles. The molecule has 0 saturated heterocycles. The first-order chi connectivity index (χ1) is 14.5. The summed E-state index contributed by atoms with van der Waals surface area (Å²) in [6.45, 7) is 2.74. The molecule has 0 amide bonds. The Morgan fingerprint density at radius 1 is 1.17 bits per heavy atom. The van der Waals surface area contributed by atoms with Crippen molar-refractivity contribution in [2.45, 2.75) is 13.5 Å². The Morgan fingerprint density at radius 3 is 2.73 bits per heavy atom. The zero-order valence-electron chi connectivity index (χ0n) is 16.1. The van der Waals surface area contributed by atoms with Crippen LogP contribution in [-0.2, 0) is 6.61 Å². The van der Waals surface area contributed by atoms with Crippen molar-refractivity contribution in [3.63, 3.8) is 0 Å². The monoisotopic (exact) mass is 426 g/mol. The Bertz CT molecular complexity index is 1040. The van der Waals surface area contributed by atoms with Crippen molar-refractivity contribution in [3.8, 4) is 11.5 Å². The van der Waals surface area contributed by atoms with E-state index in [1.165, 1.54) is 12.1 Å². The van der Waals surface area contributed by atoms with Crippen LogP contribution in [0.5, 0.6) is 11.5 Å². The molecule has 3 rings (SSSR count). The predicted octanol–water partition coefficient (Wildman–Crippen LogP) is 5.07. The third-order valence-corrected chi connectivity index (χ3v) is 4.14. The van der Waals surface area contributed by atoms with Crippen LogP contribution in [0.2, 0.25) is 5.02 Å². The van der Waals surface area contributed by atoms with Gasteiger partial charge in [-0.15, -0.1) is 0 Å². The van der Waals surface area contributed by atoms with E-state index in [0.29, 0.717) is 35.6 Å². The van der Waals surface area contributed by atoms with E-state index in [-0.39, 0.29) is 5.69 Å². The zero-order valence-corrected chi connectivity index (χ0v) is 16.9. The van der Waals surface area contributed by atoms with E-state index < -0.39 is 4.92 Å². The van der Waals surface area contributed by atoms with Gasteiger partial charge in [-0.25, -0.2) is 4.98 Å². The molecule has 0 fully saturated rings. The number of pyridine rings is 1. The minimum absolute atomic E-state index is 0.0840. The fourth-order valence-corrected chi connectivity index (χ4v) is 2.73. The predicted molar refractivity (Wildman–Crippen MR) is 116 cm³/mol. The van der Waals surface area contributed by atoms with Gasteiger partial charge in [0.05, 0.1) is 17.7 Å². The highest BCUT2D eigenvalue weighted by molar-refractivity contribution is 6.30. The lowest BCUT2D eigenvalue weighted by Gasteiger charge is -2.12. The largest absolute Gasteiger partial charge is 0.490 e. The number of anilines is 1. The highest BCUT2D eigenvalue weighted by Gasteiger charge is 2.07. The number of nitrogens with one attached hydrogen (secondary N) is 1. The van der Waals surface area contributed by atoms with Crippen molar-refractivity contribution >= 4 is 29.3 Å². The van der Waals surface area contributed by atoms with Gasteiger partial charge < -0.3 is 9.47 Å². The molecule has 0 spiro atoms. The van der Waals surface area contributed by atoms with Crippen LogP contribution in [0, 0.1) is 10.1 Å². The second kappa shape index (κ2) is 10.2. The Balaban J connectivity index is 1.66. The topological polar surface area (TPSA) is 98.9 Å². The van der Waals surface area contributed by atoms with E-state index in [1.54, 1.807) is 12.3 Å². The zero-order chi connectivity index (χ0) is 21.3. The van der Waals surface area contributed by atoms with E-state index in [4.69, 9.17) is 21.1 Å². The second-order valence-electron chi connectivity index (χ2n) is 6.09. The number of hydrogen-bond donors (Lipinski definition) is 1. The number of benzene rings is 2. The quantitative estimate of drug-likeness (QED) is 0.291. The van der Waals surface area contributed by atoms with Crippen molar-refractivity contribution in [2.75, 3.05) is 12.0 Å². The van der Waals surface area contributed by atoms with Crippen molar-refractivity contribution in [1.29, 1.82) is 0 Å². The van der Waals surface area contributed by atoms with E-state index in [0.717, 1.165) is 17.3 Å². The number of nitro groups is 1. The molecule has 0 aliphatic rings. The molecule has 3 aromatic rings. The molecule has 30 heavy (non-hydrogen) atoms. The minimum Gasteiger partial charge on any atom is -0.490 e. The van der Waals surface area contributed by atoms with Gasteiger partial charge in [0.1, 0.15) is 18.6 Å². The average molecular weight is 427 g/mol. The summed E-state index contributed by atoms with van der Waals surface area (Å²) in [7, 11) is 0. The Kier molecular flexibility index (Phi) is 7.18. The highest BCUT2D eigenvalue weighted by atomic mass is 35.5. The van der Waals surface area contributed by atoms with Crippen LogP contribution >= 0.6 is 11.6 Å². The van der Waals surface area contributed by atoms with E-state index in [9.17, 15) is 10.1 Å². The number of hydrogen-bond acceptors (Lipinski definition) is 7.